The van der Waals surface area contributed by atoms with Gasteiger partial charge in [0.05, 0.1) is 0 Å². The summed E-state index contributed by atoms with van der Waals surface area (Å²) in [5, 5.41) is 0. The van der Waals surface area contributed by atoms with E-state index < -0.39 is 15.6 Å². The minimum atomic E-state index is -6.09. The fourth-order valence-corrected chi connectivity index (χ4v) is 2.87. The van der Waals surface area contributed by atoms with Gasteiger partial charge in [0.25, 0.3) is 0 Å². The van der Waals surface area contributed by atoms with Crippen LogP contribution in [0.1, 0.15) is 90.0 Å². The summed E-state index contributed by atoms with van der Waals surface area (Å²) in [5.74, 6) is 0. The predicted molar refractivity (Wildman–Crippen MR) is 108 cm³/mol. The third-order valence-electron chi connectivity index (χ3n) is 4.55. The molecular weight excluding hydrogens is 403 g/mol. The Hall–Kier alpha value is -1.15. The van der Waals surface area contributed by atoms with Crippen LogP contribution in [0.3, 0.4) is 0 Å². The van der Waals surface area contributed by atoms with E-state index in [9.17, 15) is 13.2 Å². The van der Waals surface area contributed by atoms with Crippen LogP contribution in [0.2, 0.25) is 0 Å². The first-order chi connectivity index (χ1) is 13.6. The SMILES string of the molecule is CCCCCCCCCCCC[n+]1ccc(CCC)cc1.O=S(=O)([O-])C(F)(F)F. The lowest BCUT2D eigenvalue weighted by Crippen LogP contribution is -2.32. The second-order valence-electron chi connectivity index (χ2n) is 7.28. The maximum atomic E-state index is 10.7. The summed E-state index contributed by atoms with van der Waals surface area (Å²) in [4.78, 5) is 0. The maximum absolute atomic E-state index is 10.7. The highest BCUT2D eigenvalue weighted by Gasteiger charge is 2.36. The molecule has 1 aromatic heterocycles. The van der Waals surface area contributed by atoms with Gasteiger partial charge in [-0.1, -0.05) is 71.6 Å². The number of hydrogen-bond acceptors (Lipinski definition) is 3. The van der Waals surface area contributed by atoms with Crippen LogP contribution in [-0.2, 0) is 23.1 Å². The van der Waals surface area contributed by atoms with Gasteiger partial charge >= 0.3 is 5.51 Å². The van der Waals surface area contributed by atoms with E-state index in [1.165, 1.54) is 89.2 Å². The van der Waals surface area contributed by atoms with E-state index >= 15 is 0 Å². The first-order valence-electron chi connectivity index (χ1n) is 10.6. The average Bonchev–Trinajstić information content (AvgIpc) is 2.64. The van der Waals surface area contributed by atoms with Crippen LogP contribution in [0.15, 0.2) is 24.5 Å². The van der Waals surface area contributed by atoms with Crippen LogP contribution in [0.25, 0.3) is 0 Å². The Labute approximate surface area is 174 Å². The van der Waals surface area contributed by atoms with Gasteiger partial charge in [-0.2, -0.15) is 13.2 Å². The molecule has 0 radical (unpaired) electrons. The number of rotatable bonds is 13. The number of aromatic nitrogens is 1. The Morgan fingerprint density at radius 3 is 1.62 bits per heavy atom. The molecule has 1 rings (SSSR count). The second-order valence-corrected chi connectivity index (χ2v) is 8.65. The number of pyridine rings is 1. The summed E-state index contributed by atoms with van der Waals surface area (Å²) in [6, 6.07) is 4.56. The lowest BCUT2D eigenvalue weighted by atomic mass is 10.1. The van der Waals surface area contributed by atoms with Crippen LogP contribution in [0.4, 0.5) is 13.2 Å². The molecule has 4 nitrogen and oxygen atoms in total. The maximum Gasteiger partial charge on any atom is 0.485 e. The van der Waals surface area contributed by atoms with Gasteiger partial charge in [0.15, 0.2) is 22.5 Å². The fourth-order valence-electron chi connectivity index (χ4n) is 2.87. The molecule has 0 N–H and O–H groups in total. The lowest BCUT2D eigenvalue weighted by molar-refractivity contribution is -0.697. The Balaban J connectivity index is 0.000000828. The first-order valence-corrected chi connectivity index (χ1v) is 12.0. The quantitative estimate of drug-likeness (QED) is 0.166. The van der Waals surface area contributed by atoms with Gasteiger partial charge < -0.3 is 4.55 Å². The molecule has 0 amide bonds. The molecule has 29 heavy (non-hydrogen) atoms. The third-order valence-corrected chi connectivity index (χ3v) is 5.12. The topological polar surface area (TPSA) is 61.1 Å². The first kappa shape index (κ1) is 27.8. The number of aryl methyl sites for hydroxylation is 2. The minimum Gasteiger partial charge on any atom is -0.741 e. The molecule has 1 heterocycles. The molecule has 0 spiro atoms. The summed E-state index contributed by atoms with van der Waals surface area (Å²) < 4.78 is 61.2. The van der Waals surface area contributed by atoms with Crippen molar-refractivity contribution in [3.63, 3.8) is 0 Å². The highest BCUT2D eigenvalue weighted by molar-refractivity contribution is 7.86. The molecule has 0 saturated heterocycles. The van der Waals surface area contributed by atoms with Crippen molar-refractivity contribution in [3.05, 3.63) is 30.1 Å². The standard InChI is InChI=1S/C20H36N.CHF3O3S/c1-3-5-6-7-8-9-10-11-12-13-17-21-18-15-20(14-4-2)16-19-21;2-1(3,4)8(5,6)7/h15-16,18-19H,3-14,17H2,1-2H3;(H,5,6,7)/q+1;/p-1. The highest BCUT2D eigenvalue weighted by atomic mass is 32.2. The Kier molecular flexibility index (Phi) is 15.0. The summed E-state index contributed by atoms with van der Waals surface area (Å²) >= 11 is 0. The van der Waals surface area contributed by atoms with E-state index in [0.29, 0.717) is 0 Å². The van der Waals surface area contributed by atoms with E-state index in [1.807, 2.05) is 0 Å². The van der Waals surface area contributed by atoms with Gasteiger partial charge in [-0.25, -0.2) is 13.0 Å². The number of unbranched alkanes of at least 4 members (excludes halogenated alkanes) is 9. The Morgan fingerprint density at radius 2 is 1.24 bits per heavy atom. The van der Waals surface area contributed by atoms with Crippen molar-refractivity contribution in [3.8, 4) is 0 Å². The molecule has 0 aliphatic heterocycles. The molecule has 0 saturated carbocycles. The van der Waals surface area contributed by atoms with Gasteiger partial charge in [0.2, 0.25) is 0 Å². The summed E-state index contributed by atoms with van der Waals surface area (Å²) in [6.07, 6.45) is 21.1. The molecular formula is C21H36F3NO3S. The summed E-state index contributed by atoms with van der Waals surface area (Å²) in [7, 11) is -6.09. The lowest BCUT2D eigenvalue weighted by Gasteiger charge is -2.08. The molecule has 170 valence electrons. The van der Waals surface area contributed by atoms with Crippen molar-refractivity contribution in [2.75, 3.05) is 0 Å². The zero-order valence-electron chi connectivity index (χ0n) is 17.7. The van der Waals surface area contributed by atoms with Crippen LogP contribution >= 0.6 is 0 Å². The second kappa shape index (κ2) is 15.7. The molecule has 0 atom stereocenters. The highest BCUT2D eigenvalue weighted by Crippen LogP contribution is 2.20. The zero-order chi connectivity index (χ0) is 22.2. The number of nitrogens with zero attached hydrogens (tertiary/aromatic N) is 1. The van der Waals surface area contributed by atoms with Gasteiger partial charge in [0, 0.05) is 18.6 Å². The van der Waals surface area contributed by atoms with Gasteiger partial charge in [-0.05, 0) is 18.4 Å². The number of halogens is 3. The molecule has 0 aromatic carbocycles. The fraction of sp³-hybridized carbons (Fsp3) is 0.762. The number of alkyl halides is 3. The normalized spacial score (nSPS) is 11.8. The predicted octanol–water partition coefficient (Wildman–Crippen LogP) is 5.90. The molecule has 0 unspecified atom stereocenters. The van der Waals surface area contributed by atoms with E-state index in [1.54, 1.807) is 0 Å². The minimum absolute atomic E-state index is 1.18. The largest absolute Gasteiger partial charge is 0.741 e. The van der Waals surface area contributed by atoms with Crippen LogP contribution in [0, 0.1) is 0 Å². The zero-order valence-corrected chi connectivity index (χ0v) is 18.5. The monoisotopic (exact) mass is 439 g/mol. The molecule has 0 aliphatic carbocycles. The Morgan fingerprint density at radius 1 is 0.828 bits per heavy atom. The van der Waals surface area contributed by atoms with E-state index in [2.05, 4.69) is 42.9 Å². The molecule has 0 bridgehead atoms. The van der Waals surface area contributed by atoms with Crippen molar-refractivity contribution >= 4 is 10.1 Å². The van der Waals surface area contributed by atoms with E-state index in [0.717, 1.165) is 0 Å². The molecule has 0 aliphatic rings. The third kappa shape index (κ3) is 15.4. The van der Waals surface area contributed by atoms with E-state index in [4.69, 9.17) is 13.0 Å². The van der Waals surface area contributed by atoms with Gasteiger partial charge in [-0.15, -0.1) is 0 Å². The van der Waals surface area contributed by atoms with E-state index in [-0.39, 0.29) is 0 Å². The Bertz CT molecular complexity index is 617. The van der Waals surface area contributed by atoms with Crippen molar-refractivity contribution in [1.29, 1.82) is 0 Å². The van der Waals surface area contributed by atoms with Crippen LogP contribution < -0.4 is 4.57 Å². The molecule has 1 aromatic rings. The van der Waals surface area contributed by atoms with Gasteiger partial charge in [0.1, 0.15) is 6.54 Å². The van der Waals surface area contributed by atoms with Gasteiger partial charge in [-0.3, -0.25) is 0 Å². The van der Waals surface area contributed by atoms with Crippen molar-refractivity contribution < 1.29 is 30.7 Å². The molecule has 0 fully saturated rings. The van der Waals surface area contributed by atoms with Crippen molar-refractivity contribution in [2.24, 2.45) is 0 Å². The number of hydrogen-bond donors (Lipinski definition) is 0. The molecule has 8 heteroatoms. The summed E-state index contributed by atoms with van der Waals surface area (Å²) in [5.41, 5.74) is -4.18. The van der Waals surface area contributed by atoms with Crippen molar-refractivity contribution in [2.45, 2.75) is 103 Å². The summed E-state index contributed by atoms with van der Waals surface area (Å²) in [6.45, 7) is 5.71. The average molecular weight is 440 g/mol. The smallest absolute Gasteiger partial charge is 0.485 e. The van der Waals surface area contributed by atoms with Crippen LogP contribution in [0.5, 0.6) is 0 Å². The van der Waals surface area contributed by atoms with Crippen LogP contribution in [-0.4, -0.2) is 18.5 Å². The van der Waals surface area contributed by atoms with Crippen molar-refractivity contribution in [1.82, 2.24) is 0 Å².